The van der Waals surface area contributed by atoms with E-state index in [4.69, 9.17) is 0 Å². The molecule has 1 saturated carbocycles. The number of benzene rings is 1. The van der Waals surface area contributed by atoms with Crippen LogP contribution in [-0.4, -0.2) is 60.1 Å². The molecule has 3 amide bonds. The van der Waals surface area contributed by atoms with Crippen LogP contribution < -0.4 is 10.6 Å². The van der Waals surface area contributed by atoms with Crippen molar-refractivity contribution < 1.29 is 18.0 Å². The van der Waals surface area contributed by atoms with Crippen molar-refractivity contribution in [3.63, 3.8) is 0 Å². The molecule has 0 spiro atoms. The number of hydrogen-bond donors (Lipinski definition) is 2. The fourth-order valence-electron chi connectivity index (χ4n) is 2.84. The smallest absolute Gasteiger partial charge is 0.321 e. The summed E-state index contributed by atoms with van der Waals surface area (Å²) in [6.07, 6.45) is 3.80. The fraction of sp³-hybridized carbons (Fsp3) is 0.526. The van der Waals surface area contributed by atoms with Crippen LogP contribution >= 0.6 is 11.8 Å². The van der Waals surface area contributed by atoms with E-state index in [1.54, 1.807) is 18.2 Å². The van der Waals surface area contributed by atoms with Crippen LogP contribution in [0.15, 0.2) is 28.3 Å². The van der Waals surface area contributed by atoms with E-state index in [0.717, 1.165) is 35.5 Å². The number of imide groups is 1. The molecule has 2 aromatic rings. The van der Waals surface area contributed by atoms with E-state index in [1.165, 1.54) is 25.9 Å². The minimum Gasteiger partial charge on any atom is -0.335 e. The Morgan fingerprint density at radius 1 is 1.30 bits per heavy atom. The normalized spacial score (nSPS) is 14.3. The molecule has 1 aromatic heterocycles. The average molecular weight is 454 g/mol. The number of amides is 3. The van der Waals surface area contributed by atoms with Gasteiger partial charge in [0.15, 0.2) is 5.16 Å². The van der Waals surface area contributed by atoms with E-state index < -0.39 is 22.0 Å². The van der Waals surface area contributed by atoms with E-state index >= 15 is 0 Å². The number of urea groups is 1. The van der Waals surface area contributed by atoms with Gasteiger partial charge in [0, 0.05) is 26.7 Å². The van der Waals surface area contributed by atoms with Crippen LogP contribution in [0.1, 0.15) is 32.6 Å². The van der Waals surface area contributed by atoms with E-state index in [9.17, 15) is 18.0 Å². The van der Waals surface area contributed by atoms with Gasteiger partial charge in [0.05, 0.1) is 21.7 Å². The van der Waals surface area contributed by atoms with Crippen molar-refractivity contribution in [2.45, 2.75) is 55.2 Å². The SMILES string of the molecule is CCCCn1c(SCC(=O)NC(=O)NC2CC2)nc2cc(S(=O)(=O)N(C)C)ccc21. The molecular weight excluding hydrogens is 426 g/mol. The minimum absolute atomic E-state index is 0.0381. The molecule has 0 aliphatic heterocycles. The second-order valence-corrected chi connectivity index (χ2v) is 10.5. The molecule has 164 valence electrons. The summed E-state index contributed by atoms with van der Waals surface area (Å²) >= 11 is 1.23. The third-order valence-electron chi connectivity index (χ3n) is 4.70. The first-order valence-corrected chi connectivity index (χ1v) is 12.3. The number of carbonyl (C=O) groups is 2. The van der Waals surface area contributed by atoms with Crippen molar-refractivity contribution in [2.24, 2.45) is 0 Å². The molecule has 3 rings (SSSR count). The van der Waals surface area contributed by atoms with E-state index in [1.807, 2.05) is 4.57 Å². The second kappa shape index (κ2) is 9.36. The van der Waals surface area contributed by atoms with Crippen molar-refractivity contribution in [3.05, 3.63) is 18.2 Å². The summed E-state index contributed by atoms with van der Waals surface area (Å²) in [7, 11) is -0.595. The Kier molecular flexibility index (Phi) is 7.04. The van der Waals surface area contributed by atoms with Crippen molar-refractivity contribution in [3.8, 4) is 0 Å². The van der Waals surface area contributed by atoms with Crippen LogP contribution in [0.4, 0.5) is 4.79 Å². The highest BCUT2D eigenvalue weighted by Gasteiger charge is 2.24. The monoisotopic (exact) mass is 453 g/mol. The number of nitrogens with zero attached hydrogens (tertiary/aromatic N) is 3. The van der Waals surface area contributed by atoms with Gasteiger partial charge in [0.2, 0.25) is 15.9 Å². The number of thioether (sulfide) groups is 1. The Balaban J connectivity index is 1.79. The molecule has 0 radical (unpaired) electrons. The third kappa shape index (κ3) is 5.32. The molecule has 0 bridgehead atoms. The number of aromatic nitrogens is 2. The molecule has 30 heavy (non-hydrogen) atoms. The lowest BCUT2D eigenvalue weighted by Crippen LogP contribution is -2.41. The maximum absolute atomic E-state index is 12.4. The highest BCUT2D eigenvalue weighted by atomic mass is 32.2. The van der Waals surface area contributed by atoms with E-state index in [2.05, 4.69) is 22.5 Å². The van der Waals surface area contributed by atoms with Gasteiger partial charge in [-0.15, -0.1) is 0 Å². The Morgan fingerprint density at radius 3 is 2.67 bits per heavy atom. The topological polar surface area (TPSA) is 113 Å². The van der Waals surface area contributed by atoms with Gasteiger partial charge in [-0.3, -0.25) is 10.1 Å². The van der Waals surface area contributed by atoms with Crippen molar-refractivity contribution >= 4 is 44.8 Å². The van der Waals surface area contributed by atoms with Crippen molar-refractivity contribution in [1.29, 1.82) is 0 Å². The maximum Gasteiger partial charge on any atom is 0.321 e. The molecule has 1 heterocycles. The number of rotatable bonds is 9. The number of sulfonamides is 1. The summed E-state index contributed by atoms with van der Waals surface area (Å²) in [5.41, 5.74) is 1.37. The highest BCUT2D eigenvalue weighted by molar-refractivity contribution is 7.99. The molecule has 0 atom stereocenters. The molecule has 1 aromatic carbocycles. The molecule has 1 fully saturated rings. The summed E-state index contributed by atoms with van der Waals surface area (Å²) in [6, 6.07) is 4.59. The van der Waals surface area contributed by atoms with Gasteiger partial charge in [0.25, 0.3) is 0 Å². The minimum atomic E-state index is -3.56. The van der Waals surface area contributed by atoms with Crippen LogP contribution in [0.3, 0.4) is 0 Å². The second-order valence-electron chi connectivity index (χ2n) is 7.42. The van der Waals surface area contributed by atoms with Gasteiger partial charge < -0.3 is 9.88 Å². The highest BCUT2D eigenvalue weighted by Crippen LogP contribution is 2.27. The van der Waals surface area contributed by atoms with E-state index in [-0.39, 0.29) is 16.7 Å². The molecular formula is C19H27N5O4S2. The summed E-state index contributed by atoms with van der Waals surface area (Å²) in [6.45, 7) is 2.79. The predicted molar refractivity (Wildman–Crippen MR) is 116 cm³/mol. The molecule has 9 nitrogen and oxygen atoms in total. The third-order valence-corrected chi connectivity index (χ3v) is 7.48. The summed E-state index contributed by atoms with van der Waals surface area (Å²) < 4.78 is 28.0. The largest absolute Gasteiger partial charge is 0.335 e. The van der Waals surface area contributed by atoms with Gasteiger partial charge in [-0.1, -0.05) is 25.1 Å². The first-order chi connectivity index (χ1) is 14.2. The van der Waals surface area contributed by atoms with Crippen LogP contribution in [0.2, 0.25) is 0 Å². The number of fused-ring (bicyclic) bond motifs is 1. The zero-order valence-corrected chi connectivity index (χ0v) is 19.0. The number of unbranched alkanes of at least 4 members (excludes halogenated alkanes) is 1. The van der Waals surface area contributed by atoms with Gasteiger partial charge >= 0.3 is 6.03 Å². The zero-order valence-electron chi connectivity index (χ0n) is 17.3. The van der Waals surface area contributed by atoms with Crippen molar-refractivity contribution in [2.75, 3.05) is 19.8 Å². The quantitative estimate of drug-likeness (QED) is 0.563. The molecule has 0 unspecified atom stereocenters. The lowest BCUT2D eigenvalue weighted by atomic mass is 10.3. The molecule has 2 N–H and O–H groups in total. The lowest BCUT2D eigenvalue weighted by molar-refractivity contribution is -0.117. The number of carbonyl (C=O) groups excluding carboxylic acids is 2. The fourth-order valence-corrected chi connectivity index (χ4v) is 4.61. The standard InChI is InChI=1S/C19H27N5O4S2/c1-4-5-10-24-16-9-8-14(30(27,28)23(2)3)11-15(16)21-19(24)29-12-17(25)22-18(26)20-13-6-7-13/h8-9,11,13H,4-7,10,12H2,1-3H3,(H2,20,22,25,26). The van der Waals surface area contributed by atoms with Crippen molar-refractivity contribution in [1.82, 2.24) is 24.5 Å². The van der Waals surface area contributed by atoms with Crippen LogP contribution in [0.25, 0.3) is 11.0 Å². The number of nitrogens with one attached hydrogen (secondary N) is 2. The summed E-state index contributed by atoms with van der Waals surface area (Å²) in [4.78, 5) is 28.6. The van der Waals surface area contributed by atoms with Gasteiger partial charge in [-0.05, 0) is 37.5 Å². The van der Waals surface area contributed by atoms with E-state index in [0.29, 0.717) is 17.2 Å². The number of imidazole rings is 1. The number of hydrogen-bond acceptors (Lipinski definition) is 6. The average Bonchev–Trinajstić information content (AvgIpc) is 3.43. The Bertz CT molecular complexity index is 1040. The van der Waals surface area contributed by atoms with Crippen LogP contribution in [-0.2, 0) is 21.4 Å². The number of aryl methyl sites for hydroxylation is 1. The molecule has 0 saturated heterocycles. The molecule has 1 aliphatic carbocycles. The Labute approximate surface area is 180 Å². The first-order valence-electron chi connectivity index (χ1n) is 9.88. The molecule has 11 heteroatoms. The summed E-state index contributed by atoms with van der Waals surface area (Å²) in [5.74, 6) is -0.362. The molecule has 1 aliphatic rings. The summed E-state index contributed by atoms with van der Waals surface area (Å²) in [5, 5.41) is 5.66. The lowest BCUT2D eigenvalue weighted by Gasteiger charge is -2.11. The zero-order chi connectivity index (χ0) is 21.9. The maximum atomic E-state index is 12.4. The van der Waals surface area contributed by atoms with Gasteiger partial charge in [0.1, 0.15) is 0 Å². The van der Waals surface area contributed by atoms with Crippen LogP contribution in [0.5, 0.6) is 0 Å². The van der Waals surface area contributed by atoms with Gasteiger partial charge in [-0.2, -0.15) is 0 Å². The van der Waals surface area contributed by atoms with Gasteiger partial charge in [-0.25, -0.2) is 22.5 Å². The predicted octanol–water partition coefficient (Wildman–Crippen LogP) is 2.17. The Hall–Kier alpha value is -2.11. The Morgan fingerprint density at radius 2 is 2.03 bits per heavy atom. The first kappa shape index (κ1) is 22.6. The van der Waals surface area contributed by atoms with Crippen LogP contribution in [0, 0.1) is 0 Å².